The summed E-state index contributed by atoms with van der Waals surface area (Å²) in [5.74, 6) is 2.80. The topological polar surface area (TPSA) is 55.2 Å². The Balaban J connectivity index is 2.03. The summed E-state index contributed by atoms with van der Waals surface area (Å²) < 4.78 is 0. The first-order chi connectivity index (χ1) is 9.61. The van der Waals surface area contributed by atoms with Crippen LogP contribution in [0.25, 0.3) is 0 Å². The Bertz CT molecular complexity index is 484. The molecule has 1 aromatic carbocycles. The molecule has 0 radical (unpaired) electrons. The lowest BCUT2D eigenvalue weighted by atomic mass is 9.94. The number of halogens is 1. The largest absolute Gasteiger partial charge is 0.313 e. The minimum Gasteiger partial charge on any atom is -0.313 e. The Kier molecular flexibility index (Phi) is 5.69. The van der Waals surface area contributed by atoms with E-state index in [1.807, 2.05) is 11.8 Å². The standard InChI is InChI=1S/C14H19ClN2O2S/c1-2-5-16-14-9-20-8-11(14)6-10-3-4-12(17(18)19)7-13(10)15/h3-4,7,11,14,16H,2,5-6,8-9H2,1H3. The predicted octanol–water partition coefficient (Wildman–Crippen LogP) is 3.52. The van der Waals surface area contributed by atoms with Crippen LogP contribution in [0.3, 0.4) is 0 Å². The lowest BCUT2D eigenvalue weighted by Gasteiger charge is -2.20. The van der Waals surface area contributed by atoms with Gasteiger partial charge in [0.15, 0.2) is 0 Å². The minimum atomic E-state index is -0.410. The van der Waals surface area contributed by atoms with Gasteiger partial charge in [-0.2, -0.15) is 11.8 Å². The van der Waals surface area contributed by atoms with Crippen LogP contribution >= 0.6 is 23.4 Å². The van der Waals surface area contributed by atoms with Crippen LogP contribution in [0.5, 0.6) is 0 Å². The molecule has 0 bridgehead atoms. The number of nitro groups is 1. The first-order valence-electron chi connectivity index (χ1n) is 6.85. The van der Waals surface area contributed by atoms with E-state index in [0.717, 1.165) is 36.5 Å². The summed E-state index contributed by atoms with van der Waals surface area (Å²) in [5, 5.41) is 14.8. The SMILES string of the molecule is CCCNC1CSCC1Cc1ccc([N+](=O)[O-])cc1Cl. The number of nitrogens with one attached hydrogen (secondary N) is 1. The highest BCUT2D eigenvalue weighted by Crippen LogP contribution is 2.31. The Labute approximate surface area is 128 Å². The third-order valence-electron chi connectivity index (χ3n) is 3.58. The highest BCUT2D eigenvalue weighted by Gasteiger charge is 2.28. The smallest absolute Gasteiger partial charge is 0.270 e. The van der Waals surface area contributed by atoms with Gasteiger partial charge in [0.2, 0.25) is 0 Å². The number of hydrogen-bond donors (Lipinski definition) is 1. The van der Waals surface area contributed by atoms with Crippen molar-refractivity contribution in [2.45, 2.75) is 25.8 Å². The molecule has 0 saturated carbocycles. The molecule has 0 aromatic heterocycles. The number of nitro benzene ring substituents is 1. The van der Waals surface area contributed by atoms with Crippen molar-refractivity contribution >= 4 is 29.1 Å². The van der Waals surface area contributed by atoms with Crippen LogP contribution in [0.1, 0.15) is 18.9 Å². The fraction of sp³-hybridized carbons (Fsp3) is 0.571. The van der Waals surface area contributed by atoms with E-state index in [0.29, 0.717) is 17.0 Å². The zero-order valence-electron chi connectivity index (χ0n) is 11.5. The summed E-state index contributed by atoms with van der Waals surface area (Å²) in [5.41, 5.74) is 1.06. The molecular weight excluding hydrogens is 296 g/mol. The quantitative estimate of drug-likeness (QED) is 0.645. The molecule has 6 heteroatoms. The molecule has 0 aliphatic carbocycles. The maximum Gasteiger partial charge on any atom is 0.270 e. The van der Waals surface area contributed by atoms with Crippen LogP contribution in [0.15, 0.2) is 18.2 Å². The van der Waals surface area contributed by atoms with Crippen LogP contribution in [0, 0.1) is 16.0 Å². The Hall–Kier alpha value is -0.780. The molecule has 1 aliphatic heterocycles. The first kappa shape index (κ1) is 15.6. The maximum absolute atomic E-state index is 10.7. The number of nitrogens with zero attached hydrogens (tertiary/aromatic N) is 1. The van der Waals surface area contributed by atoms with Gasteiger partial charge in [-0.15, -0.1) is 0 Å². The number of hydrogen-bond acceptors (Lipinski definition) is 4. The molecule has 1 saturated heterocycles. The van der Waals surface area contributed by atoms with Crippen LogP contribution in [-0.2, 0) is 6.42 Å². The Morgan fingerprint density at radius 3 is 2.95 bits per heavy atom. The molecule has 2 unspecified atom stereocenters. The van der Waals surface area contributed by atoms with E-state index in [2.05, 4.69) is 12.2 Å². The predicted molar refractivity (Wildman–Crippen MR) is 84.7 cm³/mol. The monoisotopic (exact) mass is 314 g/mol. The van der Waals surface area contributed by atoms with Crippen LogP contribution in [0.4, 0.5) is 5.69 Å². The van der Waals surface area contributed by atoms with Crippen LogP contribution < -0.4 is 5.32 Å². The molecule has 1 N–H and O–H groups in total. The lowest BCUT2D eigenvalue weighted by molar-refractivity contribution is -0.384. The molecule has 1 fully saturated rings. The van der Waals surface area contributed by atoms with Crippen molar-refractivity contribution in [1.82, 2.24) is 5.32 Å². The van der Waals surface area contributed by atoms with Gasteiger partial charge < -0.3 is 5.32 Å². The lowest BCUT2D eigenvalue weighted by Crippen LogP contribution is -2.36. The average Bonchev–Trinajstić information content (AvgIpc) is 2.85. The highest BCUT2D eigenvalue weighted by molar-refractivity contribution is 7.99. The van der Waals surface area contributed by atoms with E-state index >= 15 is 0 Å². The number of thioether (sulfide) groups is 1. The summed E-state index contributed by atoms with van der Waals surface area (Å²) in [6.45, 7) is 3.20. The van der Waals surface area contributed by atoms with E-state index in [1.165, 1.54) is 12.1 Å². The second-order valence-electron chi connectivity index (χ2n) is 5.10. The molecular formula is C14H19ClN2O2S. The zero-order valence-corrected chi connectivity index (χ0v) is 13.0. The summed E-state index contributed by atoms with van der Waals surface area (Å²) in [4.78, 5) is 10.3. The second kappa shape index (κ2) is 7.29. The first-order valence-corrected chi connectivity index (χ1v) is 8.39. The highest BCUT2D eigenvalue weighted by atomic mass is 35.5. The molecule has 1 aromatic rings. The van der Waals surface area contributed by atoms with Crippen molar-refractivity contribution < 1.29 is 4.92 Å². The molecule has 2 atom stereocenters. The molecule has 1 heterocycles. The molecule has 110 valence electrons. The van der Waals surface area contributed by atoms with Gasteiger partial charge in [-0.1, -0.05) is 24.6 Å². The Morgan fingerprint density at radius 2 is 2.30 bits per heavy atom. The molecule has 20 heavy (non-hydrogen) atoms. The molecule has 0 spiro atoms. The summed E-state index contributed by atoms with van der Waals surface area (Å²) >= 11 is 8.13. The van der Waals surface area contributed by atoms with Gasteiger partial charge in [-0.25, -0.2) is 0 Å². The van der Waals surface area contributed by atoms with Crippen molar-refractivity contribution in [3.63, 3.8) is 0 Å². The molecule has 2 rings (SSSR count). The van der Waals surface area contributed by atoms with Crippen molar-refractivity contribution in [2.24, 2.45) is 5.92 Å². The van der Waals surface area contributed by atoms with Gasteiger partial charge in [0.25, 0.3) is 5.69 Å². The third kappa shape index (κ3) is 3.87. The van der Waals surface area contributed by atoms with Gasteiger partial charge in [-0.05, 0) is 36.6 Å². The van der Waals surface area contributed by atoms with Gasteiger partial charge in [0.1, 0.15) is 0 Å². The maximum atomic E-state index is 10.7. The molecule has 1 aliphatic rings. The van der Waals surface area contributed by atoms with Crippen molar-refractivity contribution in [1.29, 1.82) is 0 Å². The second-order valence-corrected chi connectivity index (χ2v) is 6.58. The summed E-state index contributed by atoms with van der Waals surface area (Å²) in [6, 6.07) is 5.30. The molecule has 4 nitrogen and oxygen atoms in total. The number of rotatable bonds is 6. The van der Waals surface area contributed by atoms with E-state index in [9.17, 15) is 10.1 Å². The van der Waals surface area contributed by atoms with E-state index < -0.39 is 4.92 Å². The van der Waals surface area contributed by atoms with Crippen molar-refractivity contribution in [3.8, 4) is 0 Å². The van der Waals surface area contributed by atoms with Gasteiger partial charge in [-0.3, -0.25) is 10.1 Å². The Morgan fingerprint density at radius 1 is 1.50 bits per heavy atom. The summed E-state index contributed by atoms with van der Waals surface area (Å²) in [6.07, 6.45) is 2.01. The number of non-ortho nitro benzene ring substituents is 1. The van der Waals surface area contributed by atoms with Gasteiger partial charge >= 0.3 is 0 Å². The van der Waals surface area contributed by atoms with E-state index in [1.54, 1.807) is 6.07 Å². The molecule has 0 amide bonds. The van der Waals surface area contributed by atoms with E-state index in [4.69, 9.17) is 11.6 Å². The average molecular weight is 315 g/mol. The fourth-order valence-corrected chi connectivity index (χ4v) is 4.14. The fourth-order valence-electron chi connectivity index (χ4n) is 2.45. The van der Waals surface area contributed by atoms with Crippen molar-refractivity contribution in [2.75, 3.05) is 18.1 Å². The van der Waals surface area contributed by atoms with Gasteiger partial charge in [0.05, 0.1) is 9.95 Å². The normalized spacial score (nSPS) is 22.1. The van der Waals surface area contributed by atoms with Crippen LogP contribution in [0.2, 0.25) is 5.02 Å². The number of benzene rings is 1. The third-order valence-corrected chi connectivity index (χ3v) is 5.19. The van der Waals surface area contributed by atoms with Crippen LogP contribution in [-0.4, -0.2) is 29.0 Å². The minimum absolute atomic E-state index is 0.0557. The van der Waals surface area contributed by atoms with Gasteiger partial charge in [0, 0.05) is 23.9 Å². The summed E-state index contributed by atoms with van der Waals surface area (Å²) in [7, 11) is 0. The van der Waals surface area contributed by atoms with E-state index in [-0.39, 0.29) is 5.69 Å². The zero-order chi connectivity index (χ0) is 14.5. The van der Waals surface area contributed by atoms with Crippen molar-refractivity contribution in [3.05, 3.63) is 38.9 Å².